The van der Waals surface area contributed by atoms with Gasteiger partial charge in [0, 0.05) is 17.4 Å². The first-order valence-corrected chi connectivity index (χ1v) is 8.97. The molecule has 3 rings (SSSR count). The van der Waals surface area contributed by atoms with Crippen molar-refractivity contribution in [2.75, 3.05) is 40.0 Å². The van der Waals surface area contributed by atoms with E-state index >= 15 is 0 Å². The van der Waals surface area contributed by atoms with Gasteiger partial charge in [-0.1, -0.05) is 20.4 Å². The fourth-order valence-electron chi connectivity index (χ4n) is 4.52. The second-order valence-electron chi connectivity index (χ2n) is 8.51. The zero-order valence-corrected chi connectivity index (χ0v) is 15.5. The molecule has 24 heavy (non-hydrogen) atoms. The van der Waals surface area contributed by atoms with E-state index < -0.39 is 11.3 Å². The Bertz CT molecular complexity index is 572. The summed E-state index contributed by atoms with van der Waals surface area (Å²) in [6.45, 7) is 12.7. The third kappa shape index (κ3) is 2.41. The number of hydrogen-bond acceptors (Lipinski definition) is 4. The van der Waals surface area contributed by atoms with Crippen molar-refractivity contribution >= 4 is 0 Å². The van der Waals surface area contributed by atoms with E-state index in [1.165, 1.54) is 0 Å². The van der Waals surface area contributed by atoms with Crippen LogP contribution in [0.5, 0.6) is 0 Å². The number of quaternary nitrogens is 1. The molecule has 3 aliphatic rings. The summed E-state index contributed by atoms with van der Waals surface area (Å²) >= 11 is 0. The maximum Gasteiger partial charge on any atom is 0.253 e. The zero-order valence-electron chi connectivity index (χ0n) is 15.5. The third-order valence-corrected chi connectivity index (χ3v) is 6.77. The highest BCUT2D eigenvalue weighted by atomic mass is 16.5. The molecule has 3 aliphatic heterocycles. The van der Waals surface area contributed by atoms with Crippen molar-refractivity contribution in [1.29, 1.82) is 0 Å². The Morgan fingerprint density at radius 1 is 1.33 bits per heavy atom. The van der Waals surface area contributed by atoms with E-state index in [-0.39, 0.29) is 18.1 Å². The van der Waals surface area contributed by atoms with Gasteiger partial charge in [-0.2, -0.15) is 0 Å². The monoisotopic (exact) mass is 338 g/mol. The normalized spacial score (nSPS) is 49.5. The van der Waals surface area contributed by atoms with Gasteiger partial charge in [-0.25, -0.2) is 0 Å². The van der Waals surface area contributed by atoms with Gasteiger partial charge in [0.1, 0.15) is 18.2 Å². The summed E-state index contributed by atoms with van der Waals surface area (Å²) in [6.07, 6.45) is 3.46. The van der Waals surface area contributed by atoms with Crippen molar-refractivity contribution in [3.63, 3.8) is 0 Å². The van der Waals surface area contributed by atoms with Crippen LogP contribution in [0.15, 0.2) is 23.8 Å². The van der Waals surface area contributed by atoms with Gasteiger partial charge in [0.05, 0.1) is 33.4 Å². The lowest BCUT2D eigenvalue weighted by Crippen LogP contribution is -2.60. The maximum atomic E-state index is 11.5. The van der Waals surface area contributed by atoms with Crippen molar-refractivity contribution in [3.05, 3.63) is 23.8 Å². The maximum absolute atomic E-state index is 11.5. The fourth-order valence-corrected chi connectivity index (χ4v) is 4.52. The van der Waals surface area contributed by atoms with Crippen LogP contribution in [0.4, 0.5) is 0 Å². The number of likely N-dealkylation sites (N-methyl/N-ethyl adjacent to an activating group) is 1. The summed E-state index contributed by atoms with van der Waals surface area (Å²) in [4.78, 5) is 0. The average molecular weight is 338 g/mol. The van der Waals surface area contributed by atoms with Gasteiger partial charge < -0.3 is 19.7 Å². The molecule has 0 bridgehead atoms. The lowest BCUT2D eigenvalue weighted by molar-refractivity contribution is -0.955. The lowest BCUT2D eigenvalue weighted by Gasteiger charge is -2.41. The molecule has 2 fully saturated rings. The molecule has 0 aromatic rings. The Balaban J connectivity index is 1.96. The van der Waals surface area contributed by atoms with Crippen molar-refractivity contribution in [1.82, 2.24) is 0 Å². The van der Waals surface area contributed by atoms with Crippen LogP contribution in [0.25, 0.3) is 0 Å². The van der Waals surface area contributed by atoms with E-state index in [0.29, 0.717) is 17.7 Å². The Morgan fingerprint density at radius 3 is 2.71 bits per heavy atom. The lowest BCUT2D eigenvalue weighted by atomic mass is 9.74. The smallest absolute Gasteiger partial charge is 0.253 e. The Labute approximate surface area is 145 Å². The number of nitrogens with zero attached hydrogens (tertiary/aromatic N) is 1. The standard InChI is InChI=1S/C19H32NO4/c1-6-17(3)12-24-16-8-10-20(5)9-7-15(19(16,20)22)11-23-13-18(4,21)14(17)2/h7,16,21-22H,2,6,8-13H2,1,3-5H3/q+1/t16-,17?,18?,19?,20?/m1/s1. The molecule has 0 spiro atoms. The number of aliphatic hydroxyl groups is 2. The van der Waals surface area contributed by atoms with E-state index in [9.17, 15) is 10.2 Å². The summed E-state index contributed by atoms with van der Waals surface area (Å²) in [5.41, 5.74) is -0.878. The molecule has 0 radical (unpaired) electrons. The fraction of sp³-hybridized carbons (Fsp3) is 0.789. The molecule has 0 amide bonds. The zero-order chi connectivity index (χ0) is 17.8. The minimum atomic E-state index is -1.12. The summed E-state index contributed by atoms with van der Waals surface area (Å²) < 4.78 is 12.7. The molecule has 136 valence electrons. The minimum absolute atomic E-state index is 0.170. The third-order valence-electron chi connectivity index (χ3n) is 6.77. The molecule has 3 heterocycles. The van der Waals surface area contributed by atoms with E-state index in [2.05, 4.69) is 33.6 Å². The van der Waals surface area contributed by atoms with Gasteiger partial charge in [-0.05, 0) is 25.0 Å². The van der Waals surface area contributed by atoms with Crippen molar-refractivity contribution < 1.29 is 24.2 Å². The van der Waals surface area contributed by atoms with Gasteiger partial charge in [-0.15, -0.1) is 0 Å². The molecule has 2 N–H and O–H groups in total. The van der Waals surface area contributed by atoms with Crippen LogP contribution < -0.4 is 0 Å². The highest BCUT2D eigenvalue weighted by Gasteiger charge is 2.64. The Morgan fingerprint density at radius 2 is 2.04 bits per heavy atom. The summed E-state index contributed by atoms with van der Waals surface area (Å²) in [5, 5.41) is 22.4. The van der Waals surface area contributed by atoms with Crippen LogP contribution in [0.1, 0.15) is 33.6 Å². The van der Waals surface area contributed by atoms with Gasteiger partial charge >= 0.3 is 0 Å². The SMILES string of the molecule is C=C1C(C)(O)COCC2=CC[N+]3(C)CC[C@@H](OCC1(C)CC)C23O. The highest BCUT2D eigenvalue weighted by Crippen LogP contribution is 2.47. The molecule has 0 aromatic heterocycles. The summed E-state index contributed by atoms with van der Waals surface area (Å²) in [7, 11) is 2.08. The van der Waals surface area contributed by atoms with Crippen LogP contribution in [0.3, 0.4) is 0 Å². The van der Waals surface area contributed by atoms with Crippen LogP contribution in [-0.4, -0.2) is 72.1 Å². The molecule has 5 nitrogen and oxygen atoms in total. The van der Waals surface area contributed by atoms with Crippen LogP contribution in [-0.2, 0) is 9.47 Å². The molecule has 4 unspecified atom stereocenters. The molecule has 5 atom stereocenters. The second kappa shape index (κ2) is 5.64. The van der Waals surface area contributed by atoms with Gasteiger partial charge in [-0.3, -0.25) is 4.48 Å². The number of ether oxygens (including phenoxy) is 2. The molecule has 0 saturated carbocycles. The van der Waals surface area contributed by atoms with Crippen molar-refractivity contribution in [2.24, 2.45) is 5.41 Å². The molecular weight excluding hydrogens is 306 g/mol. The van der Waals surface area contributed by atoms with Gasteiger partial charge in [0.25, 0.3) is 5.72 Å². The predicted molar refractivity (Wildman–Crippen MR) is 92.3 cm³/mol. The minimum Gasteiger partial charge on any atom is -0.383 e. The second-order valence-corrected chi connectivity index (χ2v) is 8.51. The first kappa shape index (κ1) is 18.1. The largest absolute Gasteiger partial charge is 0.383 e. The first-order valence-electron chi connectivity index (χ1n) is 8.97. The molecule has 5 heteroatoms. The van der Waals surface area contributed by atoms with Crippen LogP contribution in [0, 0.1) is 5.41 Å². The van der Waals surface area contributed by atoms with Crippen LogP contribution >= 0.6 is 0 Å². The van der Waals surface area contributed by atoms with E-state index in [4.69, 9.17) is 9.47 Å². The number of rotatable bonds is 1. The predicted octanol–water partition coefficient (Wildman–Crippen LogP) is 1.60. The topological polar surface area (TPSA) is 58.9 Å². The molecule has 0 aromatic carbocycles. The van der Waals surface area contributed by atoms with Gasteiger partial charge in [0.2, 0.25) is 0 Å². The Kier molecular flexibility index (Phi) is 4.25. The van der Waals surface area contributed by atoms with E-state index in [1.54, 1.807) is 6.92 Å². The van der Waals surface area contributed by atoms with Crippen molar-refractivity contribution in [2.45, 2.75) is 51.0 Å². The van der Waals surface area contributed by atoms with E-state index in [1.807, 2.05) is 0 Å². The quantitative estimate of drug-likeness (QED) is 0.563. The van der Waals surface area contributed by atoms with Crippen molar-refractivity contribution in [3.8, 4) is 0 Å². The average Bonchev–Trinajstić information content (AvgIpc) is 2.93. The summed E-state index contributed by atoms with van der Waals surface area (Å²) in [6, 6.07) is 0. The molecular formula is C19H32NO4+. The Hall–Kier alpha value is -0.720. The first-order chi connectivity index (χ1) is 11.1. The van der Waals surface area contributed by atoms with Crippen LogP contribution in [0.2, 0.25) is 0 Å². The van der Waals surface area contributed by atoms with E-state index in [0.717, 1.165) is 37.1 Å². The highest BCUT2D eigenvalue weighted by molar-refractivity contribution is 5.24. The van der Waals surface area contributed by atoms with Gasteiger partial charge in [0.15, 0.2) is 0 Å². The summed E-state index contributed by atoms with van der Waals surface area (Å²) in [5.74, 6) is 0. The molecule has 0 aliphatic carbocycles. The molecule has 2 saturated heterocycles. The number of hydrogen-bond donors (Lipinski definition) is 2.